The Morgan fingerprint density at radius 3 is 2.46 bits per heavy atom. The normalized spacial score (nSPS) is 24.2. The minimum atomic E-state index is -0.790. The van der Waals surface area contributed by atoms with Gasteiger partial charge in [0.1, 0.15) is 0 Å². The van der Waals surface area contributed by atoms with E-state index in [0.717, 1.165) is 37.8 Å². The summed E-state index contributed by atoms with van der Waals surface area (Å²) in [5.74, 6) is -0.218. The van der Waals surface area contributed by atoms with Crippen LogP contribution in [0.3, 0.4) is 0 Å². The zero-order valence-electron chi connectivity index (χ0n) is 14.1. The van der Waals surface area contributed by atoms with Crippen LogP contribution in [0.15, 0.2) is 30.3 Å². The number of carboxylic acid groups (broad SMARTS) is 1. The first-order chi connectivity index (χ1) is 11.6. The van der Waals surface area contributed by atoms with Crippen LogP contribution in [0.25, 0.3) is 0 Å². The predicted octanol–water partition coefficient (Wildman–Crippen LogP) is 2.23. The van der Waals surface area contributed by atoms with Crippen molar-refractivity contribution < 1.29 is 14.7 Å². The molecule has 0 heterocycles. The number of likely N-dealkylation sites (N-methyl/N-ethyl adjacent to an activating group) is 1. The van der Waals surface area contributed by atoms with Crippen molar-refractivity contribution in [3.63, 3.8) is 0 Å². The number of hydrogen-bond acceptors (Lipinski definition) is 3. The Morgan fingerprint density at radius 2 is 1.92 bits per heavy atom. The lowest BCUT2D eigenvalue weighted by molar-refractivity contribution is -0.140. The Labute approximate surface area is 143 Å². The Hall–Kier alpha value is -1.88. The number of aliphatic carboxylic acids is 1. The van der Waals surface area contributed by atoms with Gasteiger partial charge in [-0.1, -0.05) is 37.3 Å². The molecule has 0 aliphatic heterocycles. The molecule has 5 heteroatoms. The number of carbonyl (C=O) groups is 2. The first-order valence-corrected chi connectivity index (χ1v) is 8.89. The first kappa shape index (κ1) is 17.0. The van der Waals surface area contributed by atoms with Gasteiger partial charge < -0.3 is 10.4 Å². The van der Waals surface area contributed by atoms with Crippen LogP contribution in [0, 0.1) is 5.92 Å². The molecule has 0 radical (unpaired) electrons. The summed E-state index contributed by atoms with van der Waals surface area (Å²) in [7, 11) is 0. The summed E-state index contributed by atoms with van der Waals surface area (Å²) in [5, 5.41) is 12.1. The van der Waals surface area contributed by atoms with Gasteiger partial charge in [0, 0.05) is 12.1 Å². The summed E-state index contributed by atoms with van der Waals surface area (Å²) in [6.07, 6.45) is 3.95. The van der Waals surface area contributed by atoms with E-state index in [-0.39, 0.29) is 30.5 Å². The molecule has 1 unspecified atom stereocenters. The van der Waals surface area contributed by atoms with Crippen molar-refractivity contribution in [3.05, 3.63) is 35.9 Å². The lowest BCUT2D eigenvalue weighted by Crippen LogP contribution is -2.55. The minimum Gasteiger partial charge on any atom is -0.480 e. The van der Waals surface area contributed by atoms with Gasteiger partial charge in [0.2, 0.25) is 5.91 Å². The molecular formula is C19H26N2O3. The molecule has 1 amide bonds. The Morgan fingerprint density at radius 1 is 1.25 bits per heavy atom. The molecule has 3 rings (SSSR count). The molecule has 2 aliphatic rings. The summed E-state index contributed by atoms with van der Waals surface area (Å²) in [4.78, 5) is 25.6. The fourth-order valence-corrected chi connectivity index (χ4v) is 3.70. The van der Waals surface area contributed by atoms with E-state index in [9.17, 15) is 9.59 Å². The smallest absolute Gasteiger partial charge is 0.317 e. The highest BCUT2D eigenvalue weighted by Crippen LogP contribution is 2.43. The number of benzene rings is 1. The number of rotatable bonds is 8. The van der Waals surface area contributed by atoms with Gasteiger partial charge in [0.25, 0.3) is 0 Å². The molecule has 1 aromatic carbocycles. The predicted molar refractivity (Wildman–Crippen MR) is 91.7 cm³/mol. The minimum absolute atomic E-state index is 0.0356. The maximum absolute atomic E-state index is 12.7. The fraction of sp³-hybridized carbons (Fsp3) is 0.579. The number of nitrogens with one attached hydrogen (secondary N) is 1. The maximum Gasteiger partial charge on any atom is 0.317 e. The molecule has 2 saturated carbocycles. The molecule has 0 aromatic heterocycles. The van der Waals surface area contributed by atoms with Crippen molar-refractivity contribution in [3.8, 4) is 0 Å². The SMILES string of the molecule is CCN(CC(=O)O)C1CC(NC(=O)C(c2ccccc2)C2CC2)C1. The average Bonchev–Trinajstić information content (AvgIpc) is 3.34. The van der Waals surface area contributed by atoms with Crippen molar-refractivity contribution in [2.24, 2.45) is 5.92 Å². The lowest BCUT2D eigenvalue weighted by Gasteiger charge is -2.42. The summed E-state index contributed by atoms with van der Waals surface area (Å²) in [6, 6.07) is 10.5. The largest absolute Gasteiger partial charge is 0.480 e. The van der Waals surface area contributed by atoms with Gasteiger partial charge >= 0.3 is 5.97 Å². The van der Waals surface area contributed by atoms with E-state index in [0.29, 0.717) is 5.92 Å². The number of hydrogen-bond donors (Lipinski definition) is 2. The molecule has 2 N–H and O–H groups in total. The van der Waals surface area contributed by atoms with Crippen LogP contribution >= 0.6 is 0 Å². The van der Waals surface area contributed by atoms with Crippen LogP contribution < -0.4 is 5.32 Å². The topological polar surface area (TPSA) is 69.6 Å². The number of carboxylic acids is 1. The molecule has 2 aliphatic carbocycles. The van der Waals surface area contributed by atoms with Crippen molar-refractivity contribution >= 4 is 11.9 Å². The second-order valence-corrected chi connectivity index (χ2v) is 7.01. The highest BCUT2D eigenvalue weighted by atomic mass is 16.4. The van der Waals surface area contributed by atoms with Gasteiger partial charge in [-0.05, 0) is 43.7 Å². The number of carbonyl (C=O) groups excluding carboxylic acids is 1. The highest BCUT2D eigenvalue weighted by molar-refractivity contribution is 5.84. The molecule has 5 nitrogen and oxygen atoms in total. The number of amides is 1. The zero-order valence-corrected chi connectivity index (χ0v) is 14.1. The Kier molecular flexibility index (Phi) is 5.19. The van der Waals surface area contributed by atoms with Crippen molar-refractivity contribution in [2.45, 2.75) is 50.6 Å². The van der Waals surface area contributed by atoms with Crippen LogP contribution in [0.2, 0.25) is 0 Å². The molecule has 0 saturated heterocycles. The van der Waals surface area contributed by atoms with Gasteiger partial charge in [0.05, 0.1) is 12.5 Å². The number of nitrogens with zero attached hydrogens (tertiary/aromatic N) is 1. The third-order valence-corrected chi connectivity index (χ3v) is 5.26. The second kappa shape index (κ2) is 7.34. The third kappa shape index (κ3) is 3.96. The van der Waals surface area contributed by atoms with Gasteiger partial charge in [-0.2, -0.15) is 0 Å². The molecule has 130 valence electrons. The van der Waals surface area contributed by atoms with E-state index in [1.165, 1.54) is 0 Å². The summed E-state index contributed by atoms with van der Waals surface area (Å²) in [6.45, 7) is 2.79. The maximum atomic E-state index is 12.7. The zero-order chi connectivity index (χ0) is 17.1. The fourth-order valence-electron chi connectivity index (χ4n) is 3.70. The van der Waals surface area contributed by atoms with Crippen LogP contribution in [0.1, 0.15) is 44.1 Å². The third-order valence-electron chi connectivity index (χ3n) is 5.26. The average molecular weight is 330 g/mol. The summed E-state index contributed by atoms with van der Waals surface area (Å²) in [5.41, 5.74) is 1.11. The molecule has 1 aromatic rings. The lowest BCUT2D eigenvalue weighted by atomic mass is 9.84. The molecule has 24 heavy (non-hydrogen) atoms. The Bertz CT molecular complexity index is 580. The summed E-state index contributed by atoms with van der Waals surface area (Å²) >= 11 is 0. The highest BCUT2D eigenvalue weighted by Gasteiger charge is 2.40. The van der Waals surface area contributed by atoms with E-state index >= 15 is 0 Å². The van der Waals surface area contributed by atoms with E-state index in [1.807, 2.05) is 42.2 Å². The molecule has 0 spiro atoms. The van der Waals surface area contributed by atoms with Crippen molar-refractivity contribution in [2.75, 3.05) is 13.1 Å². The second-order valence-electron chi connectivity index (χ2n) is 7.01. The quantitative estimate of drug-likeness (QED) is 0.767. The monoisotopic (exact) mass is 330 g/mol. The van der Waals surface area contributed by atoms with E-state index in [1.54, 1.807) is 0 Å². The standard InChI is InChI=1S/C19H26N2O3/c1-2-21(12-17(22)23)16-10-15(11-16)20-19(24)18(14-8-9-14)13-6-4-3-5-7-13/h3-7,14-16,18H,2,8-12H2,1H3,(H,20,24)(H,22,23). The molecule has 2 fully saturated rings. The van der Waals surface area contributed by atoms with Crippen LogP contribution in [0.4, 0.5) is 0 Å². The van der Waals surface area contributed by atoms with E-state index in [2.05, 4.69) is 5.32 Å². The van der Waals surface area contributed by atoms with E-state index < -0.39 is 5.97 Å². The summed E-state index contributed by atoms with van der Waals surface area (Å²) < 4.78 is 0. The van der Waals surface area contributed by atoms with Crippen molar-refractivity contribution in [1.82, 2.24) is 10.2 Å². The van der Waals surface area contributed by atoms with E-state index in [4.69, 9.17) is 5.11 Å². The van der Waals surface area contributed by atoms with Gasteiger partial charge in [-0.25, -0.2) is 0 Å². The molecular weight excluding hydrogens is 304 g/mol. The van der Waals surface area contributed by atoms with Crippen LogP contribution in [-0.2, 0) is 9.59 Å². The molecule has 0 bridgehead atoms. The molecule has 1 atom stereocenters. The van der Waals surface area contributed by atoms with Gasteiger partial charge in [-0.15, -0.1) is 0 Å². The van der Waals surface area contributed by atoms with Gasteiger partial charge in [-0.3, -0.25) is 14.5 Å². The van der Waals surface area contributed by atoms with Crippen molar-refractivity contribution in [1.29, 1.82) is 0 Å². The van der Waals surface area contributed by atoms with Crippen LogP contribution in [0.5, 0.6) is 0 Å². The first-order valence-electron chi connectivity index (χ1n) is 8.89. The Balaban J connectivity index is 1.53. The van der Waals surface area contributed by atoms with Crippen LogP contribution in [-0.4, -0.2) is 47.1 Å². The van der Waals surface area contributed by atoms with Gasteiger partial charge in [0.15, 0.2) is 0 Å².